The number of carbonyl (C=O) groups is 4. The smallest absolute Gasteiger partial charge is 0.238 e. The molecular weight excluding hydrogens is 604 g/mol. The number of aromatic hydroxyl groups is 1. The van der Waals surface area contributed by atoms with Gasteiger partial charge in [-0.1, -0.05) is 42.8 Å². The molecule has 0 radical (unpaired) electrons. The van der Waals surface area contributed by atoms with Crippen molar-refractivity contribution in [2.45, 2.75) is 53.4 Å². The SMILES string of the molecule is CC1=C(C)C(=O)[C@@]2(C)[C@@H](c3cc(C)c(O)c(C)c3)C3=CC[C@@H]4C(=O)N(c5ccc(-c6nc7ccccc7o6)cc5)C(=O)[C@@H]4[C@@H]3C[C@H]2C1=O. The maximum atomic E-state index is 14.4. The number of hydrogen-bond acceptors (Lipinski definition) is 7. The third-order valence-corrected chi connectivity index (χ3v) is 11.7. The monoisotopic (exact) mass is 640 g/mol. The van der Waals surface area contributed by atoms with Gasteiger partial charge in [0, 0.05) is 17.4 Å². The van der Waals surface area contributed by atoms with Gasteiger partial charge in [0.25, 0.3) is 0 Å². The Hall–Kier alpha value is -5.11. The number of aromatic nitrogens is 1. The number of benzene rings is 3. The van der Waals surface area contributed by atoms with Gasteiger partial charge in [-0.05, 0) is 111 Å². The van der Waals surface area contributed by atoms with Crippen molar-refractivity contribution in [3.05, 3.63) is 100 Å². The molecule has 3 aliphatic carbocycles. The van der Waals surface area contributed by atoms with Crippen LogP contribution < -0.4 is 4.90 Å². The number of oxazole rings is 1. The lowest BCUT2D eigenvalue weighted by Gasteiger charge is -2.54. The number of nitrogens with zero attached hydrogens (tertiary/aromatic N) is 2. The van der Waals surface area contributed by atoms with Gasteiger partial charge in [0.15, 0.2) is 17.1 Å². The number of fused-ring (bicyclic) bond motifs is 5. The van der Waals surface area contributed by atoms with Gasteiger partial charge in [-0.2, -0.15) is 0 Å². The zero-order chi connectivity index (χ0) is 33.8. The number of rotatable bonds is 3. The van der Waals surface area contributed by atoms with E-state index in [0.717, 1.165) is 22.2 Å². The molecule has 6 atom stereocenters. The zero-order valence-electron chi connectivity index (χ0n) is 27.5. The Morgan fingerprint density at radius 1 is 0.875 bits per heavy atom. The molecule has 8 nitrogen and oxygen atoms in total. The van der Waals surface area contributed by atoms with E-state index in [1.807, 2.05) is 57.2 Å². The van der Waals surface area contributed by atoms with Gasteiger partial charge in [-0.15, -0.1) is 0 Å². The Labute approximate surface area is 278 Å². The highest BCUT2D eigenvalue weighted by Gasteiger charge is 2.64. The van der Waals surface area contributed by atoms with Crippen LogP contribution in [0.4, 0.5) is 5.69 Å². The maximum Gasteiger partial charge on any atom is 0.238 e. The number of phenolic OH excluding ortho intramolecular Hbond substituents is 1. The van der Waals surface area contributed by atoms with Crippen LogP contribution in [0.3, 0.4) is 0 Å². The summed E-state index contributed by atoms with van der Waals surface area (Å²) in [7, 11) is 0. The van der Waals surface area contributed by atoms with E-state index in [1.54, 1.807) is 38.1 Å². The highest BCUT2D eigenvalue weighted by molar-refractivity contribution is 6.22. The molecule has 1 saturated carbocycles. The Balaban J connectivity index is 1.19. The van der Waals surface area contributed by atoms with Crippen LogP contribution in [0.25, 0.3) is 22.6 Å². The van der Waals surface area contributed by atoms with Crippen molar-refractivity contribution in [2.75, 3.05) is 4.90 Å². The number of allylic oxidation sites excluding steroid dienone is 4. The van der Waals surface area contributed by atoms with Gasteiger partial charge in [0.2, 0.25) is 17.7 Å². The van der Waals surface area contributed by atoms with Gasteiger partial charge in [0.05, 0.1) is 22.9 Å². The lowest BCUT2D eigenvalue weighted by molar-refractivity contribution is -0.142. The number of imide groups is 1. The molecule has 242 valence electrons. The summed E-state index contributed by atoms with van der Waals surface area (Å²) >= 11 is 0. The molecule has 0 spiro atoms. The fraction of sp³-hybridized carbons (Fsp3) is 0.325. The van der Waals surface area contributed by atoms with Crippen LogP contribution in [0, 0.1) is 42.9 Å². The molecule has 1 aromatic heterocycles. The normalized spacial score (nSPS) is 28.5. The number of hydrogen-bond donors (Lipinski definition) is 1. The fourth-order valence-electron chi connectivity index (χ4n) is 9.12. The molecule has 1 aliphatic heterocycles. The molecule has 8 rings (SSSR count). The predicted octanol–water partition coefficient (Wildman–Crippen LogP) is 7.17. The number of carbonyl (C=O) groups excluding carboxylic acids is 4. The molecule has 48 heavy (non-hydrogen) atoms. The number of phenols is 1. The molecule has 8 heteroatoms. The van der Waals surface area contributed by atoms with Crippen molar-refractivity contribution in [1.29, 1.82) is 0 Å². The van der Waals surface area contributed by atoms with E-state index >= 15 is 0 Å². The molecule has 1 N–H and O–H groups in total. The van der Waals surface area contributed by atoms with Crippen LogP contribution in [0.15, 0.2) is 87.9 Å². The van der Waals surface area contributed by atoms with Crippen molar-refractivity contribution in [2.24, 2.45) is 29.1 Å². The molecular formula is C40H36N2O6. The molecule has 4 aliphatic rings. The lowest BCUT2D eigenvalue weighted by Crippen LogP contribution is -2.55. The van der Waals surface area contributed by atoms with E-state index in [4.69, 9.17) is 4.42 Å². The minimum atomic E-state index is -1.07. The Kier molecular flexibility index (Phi) is 6.58. The number of para-hydroxylation sites is 2. The van der Waals surface area contributed by atoms with Gasteiger partial charge in [-0.25, -0.2) is 4.98 Å². The molecule has 2 heterocycles. The fourth-order valence-corrected chi connectivity index (χ4v) is 9.12. The molecule has 4 aromatic rings. The van der Waals surface area contributed by atoms with Crippen molar-refractivity contribution < 1.29 is 28.7 Å². The van der Waals surface area contributed by atoms with Crippen LogP contribution in [-0.4, -0.2) is 33.5 Å². The first kappa shape index (κ1) is 30.2. The summed E-state index contributed by atoms with van der Waals surface area (Å²) in [6, 6.07) is 18.4. The summed E-state index contributed by atoms with van der Waals surface area (Å²) in [6.45, 7) is 8.99. The van der Waals surface area contributed by atoms with Crippen LogP contribution in [0.5, 0.6) is 5.75 Å². The second kappa shape index (κ2) is 10.4. The molecule has 3 aromatic carbocycles. The van der Waals surface area contributed by atoms with E-state index in [-0.39, 0.29) is 29.1 Å². The average Bonchev–Trinajstić information content (AvgIpc) is 3.63. The second-order valence-electron chi connectivity index (χ2n) is 14.2. The van der Waals surface area contributed by atoms with E-state index in [1.165, 1.54) is 4.90 Å². The molecule has 2 amide bonds. The van der Waals surface area contributed by atoms with Crippen LogP contribution in [0.2, 0.25) is 0 Å². The lowest BCUT2D eigenvalue weighted by atomic mass is 9.46. The zero-order valence-corrected chi connectivity index (χ0v) is 27.5. The summed E-state index contributed by atoms with van der Waals surface area (Å²) < 4.78 is 5.91. The topological polar surface area (TPSA) is 118 Å². The number of aryl methyl sites for hydroxylation is 2. The van der Waals surface area contributed by atoms with Crippen LogP contribution in [0.1, 0.15) is 56.2 Å². The minimum absolute atomic E-state index is 0.0612. The summed E-state index contributed by atoms with van der Waals surface area (Å²) in [5.41, 5.74) is 5.61. The van der Waals surface area contributed by atoms with Crippen LogP contribution in [-0.2, 0) is 19.2 Å². The molecule has 0 bridgehead atoms. The van der Waals surface area contributed by atoms with E-state index in [0.29, 0.717) is 52.3 Å². The number of amides is 2. The van der Waals surface area contributed by atoms with E-state index in [9.17, 15) is 24.3 Å². The van der Waals surface area contributed by atoms with Crippen molar-refractivity contribution in [3.63, 3.8) is 0 Å². The highest BCUT2D eigenvalue weighted by Crippen LogP contribution is 2.63. The first-order valence-electron chi connectivity index (χ1n) is 16.5. The van der Waals surface area contributed by atoms with Gasteiger partial charge in [-0.3, -0.25) is 24.1 Å². The van der Waals surface area contributed by atoms with Gasteiger partial charge >= 0.3 is 0 Å². The standard InChI is InChI=1S/C40H36N2O6/c1-19-16-24(17-20(2)34(19)43)33-26-14-15-27-32(28(26)18-29-35(44)21(3)22(4)36(45)40(29,33)5)39(47)42(38(27)46)25-12-10-23(11-13-25)37-41-30-8-6-7-9-31(30)48-37/h6-14,16-17,27-29,32-33,43H,15,18H2,1-5H3/t27-,28+,29-,32-,33-,40+/m0/s1. The third kappa shape index (κ3) is 4.04. The Morgan fingerprint density at radius 3 is 2.25 bits per heavy atom. The van der Waals surface area contributed by atoms with E-state index in [2.05, 4.69) is 11.1 Å². The number of ketones is 2. The quantitative estimate of drug-likeness (QED) is 0.186. The van der Waals surface area contributed by atoms with Crippen LogP contribution >= 0.6 is 0 Å². The summed E-state index contributed by atoms with van der Waals surface area (Å²) in [4.78, 5) is 62.6. The average molecular weight is 641 g/mol. The summed E-state index contributed by atoms with van der Waals surface area (Å²) in [5.74, 6) is -2.80. The molecule has 0 unspecified atom stereocenters. The minimum Gasteiger partial charge on any atom is -0.507 e. The van der Waals surface area contributed by atoms with Gasteiger partial charge < -0.3 is 9.52 Å². The maximum absolute atomic E-state index is 14.4. The van der Waals surface area contributed by atoms with Gasteiger partial charge in [0.1, 0.15) is 11.3 Å². The second-order valence-corrected chi connectivity index (χ2v) is 14.2. The third-order valence-electron chi connectivity index (χ3n) is 11.7. The Bertz CT molecular complexity index is 2110. The van der Waals surface area contributed by atoms with Crippen molar-refractivity contribution in [3.8, 4) is 17.2 Å². The summed E-state index contributed by atoms with van der Waals surface area (Å²) in [5, 5.41) is 10.6. The van der Waals surface area contributed by atoms with Crippen molar-refractivity contribution >= 4 is 40.2 Å². The Morgan fingerprint density at radius 2 is 1.56 bits per heavy atom. The predicted molar refractivity (Wildman–Crippen MR) is 180 cm³/mol. The number of anilines is 1. The highest BCUT2D eigenvalue weighted by atomic mass is 16.3. The molecule has 2 fully saturated rings. The first-order valence-corrected chi connectivity index (χ1v) is 16.5. The first-order chi connectivity index (χ1) is 22.9. The molecule has 1 saturated heterocycles. The largest absolute Gasteiger partial charge is 0.507 e. The van der Waals surface area contributed by atoms with E-state index < -0.39 is 35.0 Å². The number of Topliss-reactive ketones (excluding diaryl/α,β-unsaturated/α-hetero) is 2. The summed E-state index contributed by atoms with van der Waals surface area (Å²) in [6.07, 6.45) is 2.73. The van der Waals surface area contributed by atoms with Crippen molar-refractivity contribution in [1.82, 2.24) is 4.98 Å².